The quantitative estimate of drug-likeness (QED) is 0.234. The van der Waals surface area contributed by atoms with Crippen molar-refractivity contribution in [3.05, 3.63) is 24.3 Å². The predicted molar refractivity (Wildman–Crippen MR) is 123 cm³/mol. The maximum Gasteiger partial charge on any atom is 0.222 e. The first-order valence-corrected chi connectivity index (χ1v) is 9.75. The number of amides is 1. The fourth-order valence-corrected chi connectivity index (χ4v) is 2.98. The van der Waals surface area contributed by atoms with E-state index in [9.17, 15) is 4.79 Å². The van der Waals surface area contributed by atoms with E-state index in [0.29, 0.717) is 19.6 Å². The summed E-state index contributed by atoms with van der Waals surface area (Å²) in [4.78, 5) is 18.3. The molecule has 1 fully saturated rings. The highest BCUT2D eigenvalue weighted by Crippen LogP contribution is 2.18. The van der Waals surface area contributed by atoms with E-state index in [0.717, 1.165) is 49.9 Å². The van der Waals surface area contributed by atoms with E-state index in [1.165, 1.54) is 0 Å². The lowest BCUT2D eigenvalue weighted by atomic mass is 10.3. The smallest absolute Gasteiger partial charge is 0.222 e. The highest BCUT2D eigenvalue weighted by atomic mass is 127. The highest BCUT2D eigenvalue weighted by Gasteiger charge is 2.25. The Hall–Kier alpha value is -1.71. The Morgan fingerprint density at radius 3 is 2.82 bits per heavy atom. The van der Waals surface area contributed by atoms with Gasteiger partial charge in [-0.25, -0.2) is 0 Å². The number of rotatable bonds is 9. The van der Waals surface area contributed by atoms with Crippen molar-refractivity contribution >= 4 is 35.8 Å². The molecule has 1 amide bonds. The Balaban J connectivity index is 0.00000392. The van der Waals surface area contributed by atoms with Crippen LogP contribution in [-0.2, 0) is 4.79 Å². The molecule has 1 aliphatic rings. The molecule has 0 bridgehead atoms. The summed E-state index contributed by atoms with van der Waals surface area (Å²) in [6.07, 6.45) is 2.34. The first kappa shape index (κ1) is 24.3. The number of hydrogen-bond acceptors (Lipinski definition) is 4. The van der Waals surface area contributed by atoms with Crippen LogP contribution in [0.2, 0.25) is 0 Å². The summed E-state index contributed by atoms with van der Waals surface area (Å²) < 4.78 is 10.9. The van der Waals surface area contributed by atoms with Gasteiger partial charge in [0.2, 0.25) is 5.91 Å². The zero-order chi connectivity index (χ0) is 19.5. The van der Waals surface area contributed by atoms with Gasteiger partial charge in [0.15, 0.2) is 5.96 Å². The molecule has 0 spiro atoms. The number of ether oxygens (including phenoxy) is 2. The Kier molecular flexibility index (Phi) is 11.7. The topological polar surface area (TPSA) is 75.2 Å². The minimum atomic E-state index is 0. The largest absolute Gasteiger partial charge is 0.497 e. The number of nitrogens with one attached hydrogen (secondary N) is 2. The SMILES string of the molecule is CCNC(=NCCCOc1cccc(OC)c1)NC1CCN(C(=O)CC)C1.I. The zero-order valence-electron chi connectivity index (χ0n) is 17.1. The number of guanidine groups is 1. The monoisotopic (exact) mass is 504 g/mol. The van der Waals surface area contributed by atoms with Gasteiger partial charge in [0.1, 0.15) is 11.5 Å². The molecule has 1 saturated heterocycles. The summed E-state index contributed by atoms with van der Waals surface area (Å²) in [6.45, 7) is 7.58. The lowest BCUT2D eigenvalue weighted by Gasteiger charge is -2.18. The predicted octanol–water partition coefficient (Wildman–Crippen LogP) is 2.65. The molecule has 2 N–H and O–H groups in total. The third-order valence-corrected chi connectivity index (χ3v) is 4.41. The summed E-state index contributed by atoms with van der Waals surface area (Å²) >= 11 is 0. The number of carbonyl (C=O) groups excluding carboxylic acids is 1. The van der Waals surface area contributed by atoms with Crippen LogP contribution in [0.1, 0.15) is 33.1 Å². The third kappa shape index (κ3) is 8.12. The summed E-state index contributed by atoms with van der Waals surface area (Å²) in [7, 11) is 1.64. The average Bonchev–Trinajstić information content (AvgIpc) is 3.16. The standard InChI is InChI=1S/C20H32N4O3.HI/c1-4-19(25)24-12-10-16(15-24)23-20(21-5-2)22-11-7-13-27-18-9-6-8-17(14-18)26-3;/h6,8-9,14,16H,4-5,7,10-13,15H2,1-3H3,(H2,21,22,23);1H. The number of carbonyl (C=O) groups is 1. The van der Waals surface area contributed by atoms with Crippen molar-refractivity contribution in [3.63, 3.8) is 0 Å². The molecule has 7 nitrogen and oxygen atoms in total. The van der Waals surface area contributed by atoms with Gasteiger partial charge in [0.25, 0.3) is 0 Å². The molecule has 2 rings (SSSR count). The van der Waals surface area contributed by atoms with Gasteiger partial charge in [-0.2, -0.15) is 0 Å². The molecule has 0 saturated carbocycles. The number of methoxy groups -OCH3 is 1. The minimum absolute atomic E-state index is 0. The van der Waals surface area contributed by atoms with Gasteiger partial charge in [0, 0.05) is 51.1 Å². The van der Waals surface area contributed by atoms with E-state index in [1.807, 2.05) is 43.0 Å². The van der Waals surface area contributed by atoms with E-state index >= 15 is 0 Å². The molecule has 0 aliphatic carbocycles. The number of benzene rings is 1. The van der Waals surface area contributed by atoms with Crippen molar-refractivity contribution in [2.24, 2.45) is 4.99 Å². The normalized spacial score (nSPS) is 16.3. The van der Waals surface area contributed by atoms with Crippen molar-refractivity contribution in [3.8, 4) is 11.5 Å². The van der Waals surface area contributed by atoms with Gasteiger partial charge >= 0.3 is 0 Å². The van der Waals surface area contributed by atoms with Gasteiger partial charge in [0.05, 0.1) is 13.7 Å². The van der Waals surface area contributed by atoms with Crippen molar-refractivity contribution in [2.75, 3.05) is 39.9 Å². The van der Waals surface area contributed by atoms with E-state index in [4.69, 9.17) is 9.47 Å². The summed E-state index contributed by atoms with van der Waals surface area (Å²) in [5.74, 6) is 2.61. The van der Waals surface area contributed by atoms with E-state index in [2.05, 4.69) is 15.6 Å². The van der Waals surface area contributed by atoms with Gasteiger partial charge in [-0.15, -0.1) is 24.0 Å². The fourth-order valence-electron chi connectivity index (χ4n) is 2.98. The van der Waals surface area contributed by atoms with Gasteiger partial charge in [-0.1, -0.05) is 13.0 Å². The Bertz CT molecular complexity index is 627. The van der Waals surface area contributed by atoms with Crippen LogP contribution in [0.25, 0.3) is 0 Å². The molecule has 0 radical (unpaired) electrons. The van der Waals surface area contributed by atoms with E-state index in [-0.39, 0.29) is 35.9 Å². The minimum Gasteiger partial charge on any atom is -0.497 e. The fraction of sp³-hybridized carbons (Fsp3) is 0.600. The van der Waals surface area contributed by atoms with Crippen molar-refractivity contribution < 1.29 is 14.3 Å². The Morgan fingerprint density at radius 1 is 1.32 bits per heavy atom. The maximum absolute atomic E-state index is 11.8. The van der Waals surface area contributed by atoms with Crippen LogP contribution in [-0.4, -0.2) is 62.7 Å². The number of aliphatic imine (C=N–C) groups is 1. The van der Waals surface area contributed by atoms with Crippen LogP contribution < -0.4 is 20.1 Å². The van der Waals surface area contributed by atoms with Crippen LogP contribution in [0.3, 0.4) is 0 Å². The van der Waals surface area contributed by atoms with Crippen LogP contribution in [0.4, 0.5) is 0 Å². The maximum atomic E-state index is 11.8. The molecule has 1 unspecified atom stereocenters. The molecule has 1 atom stereocenters. The molecule has 0 aromatic heterocycles. The average molecular weight is 504 g/mol. The van der Waals surface area contributed by atoms with Gasteiger partial charge in [-0.3, -0.25) is 9.79 Å². The second-order valence-electron chi connectivity index (χ2n) is 6.46. The summed E-state index contributed by atoms with van der Waals surface area (Å²) in [5, 5.41) is 6.71. The number of hydrogen-bond donors (Lipinski definition) is 2. The summed E-state index contributed by atoms with van der Waals surface area (Å²) in [6, 6.07) is 7.85. The second kappa shape index (κ2) is 13.5. The molecular weight excluding hydrogens is 471 g/mol. The number of halogens is 1. The van der Waals surface area contributed by atoms with Gasteiger partial charge < -0.3 is 25.0 Å². The van der Waals surface area contributed by atoms with Crippen molar-refractivity contribution in [1.82, 2.24) is 15.5 Å². The Labute approximate surface area is 185 Å². The van der Waals surface area contributed by atoms with Gasteiger partial charge in [-0.05, 0) is 25.5 Å². The molecule has 1 aliphatic heterocycles. The molecular formula is C20H33IN4O3. The third-order valence-electron chi connectivity index (χ3n) is 4.41. The van der Waals surface area contributed by atoms with Crippen LogP contribution in [0.15, 0.2) is 29.3 Å². The van der Waals surface area contributed by atoms with Crippen LogP contribution >= 0.6 is 24.0 Å². The Morgan fingerprint density at radius 2 is 2.11 bits per heavy atom. The van der Waals surface area contributed by atoms with Crippen LogP contribution in [0.5, 0.6) is 11.5 Å². The lowest BCUT2D eigenvalue weighted by Crippen LogP contribution is -2.45. The highest BCUT2D eigenvalue weighted by molar-refractivity contribution is 14.0. The van der Waals surface area contributed by atoms with E-state index in [1.54, 1.807) is 7.11 Å². The molecule has 158 valence electrons. The van der Waals surface area contributed by atoms with E-state index < -0.39 is 0 Å². The first-order valence-electron chi connectivity index (χ1n) is 9.75. The molecule has 1 heterocycles. The summed E-state index contributed by atoms with van der Waals surface area (Å²) in [5.41, 5.74) is 0. The molecule has 8 heteroatoms. The van der Waals surface area contributed by atoms with Crippen molar-refractivity contribution in [2.45, 2.75) is 39.2 Å². The molecule has 1 aromatic rings. The lowest BCUT2D eigenvalue weighted by molar-refractivity contribution is -0.129. The first-order chi connectivity index (χ1) is 13.2. The van der Waals surface area contributed by atoms with Crippen molar-refractivity contribution in [1.29, 1.82) is 0 Å². The number of nitrogens with zero attached hydrogens (tertiary/aromatic N) is 2. The second-order valence-corrected chi connectivity index (χ2v) is 6.46. The molecule has 1 aromatic carbocycles. The number of likely N-dealkylation sites (tertiary alicyclic amines) is 1. The van der Waals surface area contributed by atoms with Crippen LogP contribution in [0, 0.1) is 0 Å². The molecule has 28 heavy (non-hydrogen) atoms. The zero-order valence-corrected chi connectivity index (χ0v) is 19.4.